The van der Waals surface area contributed by atoms with Crippen molar-refractivity contribution in [1.82, 2.24) is 5.32 Å². The van der Waals surface area contributed by atoms with E-state index in [9.17, 15) is 23.1 Å². The Morgan fingerprint density at radius 3 is 2.07 bits per heavy atom. The maximum atomic E-state index is 12.3. The molecule has 0 bridgehead atoms. The van der Waals surface area contributed by atoms with Crippen LogP contribution in [-0.4, -0.2) is 49.2 Å². The van der Waals surface area contributed by atoms with Gasteiger partial charge in [0.2, 0.25) is 0 Å². The molecular weight excluding hydrogens is 406 g/mol. The molecule has 2 aromatic carbocycles. The number of hydrogen-bond donors (Lipinski definition) is 2. The van der Waals surface area contributed by atoms with Gasteiger partial charge in [0, 0.05) is 5.92 Å². The number of rotatable bonds is 8. The van der Waals surface area contributed by atoms with Crippen LogP contribution in [0.1, 0.15) is 37.3 Å². The molecule has 1 atom stereocenters. The number of amides is 1. The second-order valence-electron chi connectivity index (χ2n) is 7.57. The van der Waals surface area contributed by atoms with Gasteiger partial charge in [0.1, 0.15) is 12.6 Å². The van der Waals surface area contributed by atoms with Crippen LogP contribution in [0.15, 0.2) is 48.5 Å². The molecule has 0 radical (unpaired) electrons. The molecule has 1 aliphatic rings. The normalized spacial score (nSPS) is 14.1. The first kappa shape index (κ1) is 21.8. The summed E-state index contributed by atoms with van der Waals surface area (Å²) in [5, 5.41) is 11.0. The Morgan fingerprint density at radius 1 is 1.03 bits per heavy atom. The highest BCUT2D eigenvalue weighted by molar-refractivity contribution is 7.91. The molecule has 8 heteroatoms. The van der Waals surface area contributed by atoms with Crippen LogP contribution >= 0.6 is 0 Å². The number of hydrogen-bond acceptors (Lipinski definition) is 5. The fourth-order valence-electron chi connectivity index (χ4n) is 3.56. The quantitative estimate of drug-likeness (QED) is 0.664. The number of fused-ring (bicyclic) bond motifs is 3. The fourth-order valence-corrected chi connectivity index (χ4v) is 4.59. The Hall–Kier alpha value is -2.87. The number of ether oxygens (including phenoxy) is 1. The van der Waals surface area contributed by atoms with Crippen molar-refractivity contribution >= 4 is 21.9 Å². The molecular formula is C22H25NO6S. The van der Waals surface area contributed by atoms with Gasteiger partial charge < -0.3 is 15.2 Å². The lowest BCUT2D eigenvalue weighted by Crippen LogP contribution is -2.42. The summed E-state index contributed by atoms with van der Waals surface area (Å²) < 4.78 is 29.2. The monoisotopic (exact) mass is 431 g/mol. The molecule has 1 aliphatic carbocycles. The van der Waals surface area contributed by atoms with Crippen molar-refractivity contribution in [3.8, 4) is 11.1 Å². The van der Waals surface area contributed by atoms with Gasteiger partial charge in [0.15, 0.2) is 9.84 Å². The highest BCUT2D eigenvalue weighted by Gasteiger charge is 2.30. The molecule has 0 spiro atoms. The van der Waals surface area contributed by atoms with Gasteiger partial charge in [0.25, 0.3) is 0 Å². The minimum atomic E-state index is -3.41. The summed E-state index contributed by atoms with van der Waals surface area (Å²) in [6.45, 7) is 3.12. The number of benzene rings is 2. The lowest BCUT2D eigenvalue weighted by Gasteiger charge is -2.18. The smallest absolute Gasteiger partial charge is 0.407 e. The predicted molar refractivity (Wildman–Crippen MR) is 113 cm³/mol. The third-order valence-electron chi connectivity index (χ3n) is 5.34. The lowest BCUT2D eigenvalue weighted by molar-refractivity contribution is -0.139. The molecule has 7 nitrogen and oxygen atoms in total. The number of aliphatic carboxylic acids is 1. The van der Waals surface area contributed by atoms with E-state index in [1.54, 1.807) is 0 Å². The van der Waals surface area contributed by atoms with E-state index in [1.165, 1.54) is 13.8 Å². The van der Waals surface area contributed by atoms with Crippen molar-refractivity contribution < 1.29 is 27.9 Å². The summed E-state index contributed by atoms with van der Waals surface area (Å²) in [7, 11) is -3.41. The SMILES string of the molecule is CC(C)S(=O)(=O)CCC(NC(=O)OCC1c2ccccc2-c2ccccc21)C(=O)O. The van der Waals surface area contributed by atoms with Crippen LogP contribution < -0.4 is 5.32 Å². The summed E-state index contributed by atoms with van der Waals surface area (Å²) in [5.41, 5.74) is 4.27. The Labute approximate surface area is 176 Å². The second kappa shape index (κ2) is 8.87. The van der Waals surface area contributed by atoms with Crippen LogP contribution in [0.25, 0.3) is 11.1 Å². The Morgan fingerprint density at radius 2 is 1.57 bits per heavy atom. The van der Waals surface area contributed by atoms with Crippen LogP contribution in [-0.2, 0) is 19.4 Å². The predicted octanol–water partition coefficient (Wildman–Crippen LogP) is 3.19. The average molecular weight is 432 g/mol. The van der Waals surface area contributed by atoms with E-state index in [0.717, 1.165) is 22.3 Å². The summed E-state index contributed by atoms with van der Waals surface area (Å²) in [6, 6.07) is 14.4. The van der Waals surface area contributed by atoms with E-state index in [-0.39, 0.29) is 24.7 Å². The molecule has 2 N–H and O–H groups in total. The maximum absolute atomic E-state index is 12.3. The topological polar surface area (TPSA) is 110 Å². The first-order chi connectivity index (χ1) is 14.2. The van der Waals surface area contributed by atoms with E-state index in [2.05, 4.69) is 5.32 Å². The summed E-state index contributed by atoms with van der Waals surface area (Å²) in [6.07, 6.45) is -1.11. The number of carbonyl (C=O) groups excluding carboxylic acids is 1. The minimum absolute atomic E-state index is 0.0521. The van der Waals surface area contributed by atoms with Crippen LogP contribution in [0.4, 0.5) is 4.79 Å². The van der Waals surface area contributed by atoms with Crippen LogP contribution in [0.2, 0.25) is 0 Å². The number of alkyl carbamates (subject to hydrolysis) is 1. The van der Waals surface area contributed by atoms with Gasteiger partial charge in [-0.15, -0.1) is 0 Å². The van der Waals surface area contributed by atoms with Gasteiger partial charge in [0.05, 0.1) is 11.0 Å². The van der Waals surface area contributed by atoms with Crippen LogP contribution in [0, 0.1) is 0 Å². The maximum Gasteiger partial charge on any atom is 0.407 e. The van der Waals surface area contributed by atoms with Crippen molar-refractivity contribution in [2.24, 2.45) is 0 Å². The zero-order valence-electron chi connectivity index (χ0n) is 16.9. The summed E-state index contributed by atoms with van der Waals surface area (Å²) >= 11 is 0. The largest absolute Gasteiger partial charge is 0.480 e. The van der Waals surface area contributed by atoms with Gasteiger partial charge in [-0.25, -0.2) is 18.0 Å². The molecule has 1 unspecified atom stereocenters. The van der Waals surface area contributed by atoms with Gasteiger partial charge in [-0.1, -0.05) is 48.5 Å². The molecule has 0 heterocycles. The Balaban J connectivity index is 1.64. The highest BCUT2D eigenvalue weighted by atomic mass is 32.2. The zero-order valence-corrected chi connectivity index (χ0v) is 17.7. The molecule has 1 amide bonds. The molecule has 160 valence electrons. The number of sulfone groups is 1. The third kappa shape index (κ3) is 4.64. The minimum Gasteiger partial charge on any atom is -0.480 e. The first-order valence-corrected chi connectivity index (χ1v) is 11.5. The van der Waals surface area contributed by atoms with E-state index in [1.807, 2.05) is 48.5 Å². The average Bonchev–Trinajstić information content (AvgIpc) is 3.03. The number of carboxylic acids is 1. The van der Waals surface area contributed by atoms with Gasteiger partial charge in [-0.3, -0.25) is 0 Å². The van der Waals surface area contributed by atoms with Crippen molar-refractivity contribution in [3.05, 3.63) is 59.7 Å². The molecule has 0 fully saturated rings. The number of carbonyl (C=O) groups is 2. The Kier molecular flexibility index (Phi) is 6.45. The molecule has 3 rings (SSSR count). The van der Waals surface area contributed by atoms with Crippen molar-refractivity contribution in [2.45, 2.75) is 37.5 Å². The van der Waals surface area contributed by atoms with Gasteiger partial charge in [-0.05, 0) is 42.5 Å². The lowest BCUT2D eigenvalue weighted by atomic mass is 9.98. The van der Waals surface area contributed by atoms with Crippen molar-refractivity contribution in [2.75, 3.05) is 12.4 Å². The van der Waals surface area contributed by atoms with Crippen molar-refractivity contribution in [3.63, 3.8) is 0 Å². The highest BCUT2D eigenvalue weighted by Crippen LogP contribution is 2.44. The molecule has 0 saturated carbocycles. The molecule has 0 saturated heterocycles. The second-order valence-corrected chi connectivity index (χ2v) is 10.2. The van der Waals surface area contributed by atoms with Gasteiger partial charge in [-0.2, -0.15) is 0 Å². The first-order valence-electron chi connectivity index (χ1n) is 9.76. The van der Waals surface area contributed by atoms with E-state index in [4.69, 9.17) is 4.74 Å². The summed E-state index contributed by atoms with van der Waals surface area (Å²) in [5.74, 6) is -1.78. The molecule has 30 heavy (non-hydrogen) atoms. The number of nitrogens with one attached hydrogen (secondary N) is 1. The molecule has 2 aromatic rings. The molecule has 0 aromatic heterocycles. The fraction of sp³-hybridized carbons (Fsp3) is 0.364. The Bertz CT molecular complexity index is 1000. The number of carboxylic acid groups (broad SMARTS) is 1. The van der Waals surface area contributed by atoms with Crippen molar-refractivity contribution in [1.29, 1.82) is 0 Å². The molecule has 0 aliphatic heterocycles. The third-order valence-corrected chi connectivity index (χ3v) is 7.58. The van der Waals surface area contributed by atoms with E-state index >= 15 is 0 Å². The van der Waals surface area contributed by atoms with Crippen LogP contribution in [0.5, 0.6) is 0 Å². The van der Waals surface area contributed by atoms with E-state index < -0.39 is 33.2 Å². The summed E-state index contributed by atoms with van der Waals surface area (Å²) in [4.78, 5) is 23.7. The van der Waals surface area contributed by atoms with E-state index in [0.29, 0.717) is 0 Å². The van der Waals surface area contributed by atoms with Crippen LogP contribution in [0.3, 0.4) is 0 Å². The van der Waals surface area contributed by atoms with Gasteiger partial charge >= 0.3 is 12.1 Å². The zero-order chi connectivity index (χ0) is 21.9. The standard InChI is InChI=1S/C22H25NO6S/c1-14(2)30(27,28)12-11-20(21(24)25)23-22(26)29-13-19-17-9-5-3-7-15(17)16-8-4-6-10-18(16)19/h3-10,14,19-20H,11-13H2,1-2H3,(H,23,26)(H,24,25).